The summed E-state index contributed by atoms with van der Waals surface area (Å²) in [7, 11) is 0. The van der Waals surface area contributed by atoms with Crippen LogP contribution in [-0.4, -0.2) is 37.0 Å². The molecule has 0 radical (unpaired) electrons. The Morgan fingerprint density at radius 2 is 1.89 bits per heavy atom. The Morgan fingerprint density at radius 1 is 1.15 bits per heavy atom. The molecule has 1 atom stereocenters. The van der Waals surface area contributed by atoms with Crippen molar-refractivity contribution in [1.82, 2.24) is 10.2 Å². The minimum atomic E-state index is -0.121. The lowest BCUT2D eigenvalue weighted by Gasteiger charge is -2.29. The topological polar surface area (TPSA) is 41.6 Å². The van der Waals surface area contributed by atoms with Gasteiger partial charge in [0.1, 0.15) is 5.75 Å². The van der Waals surface area contributed by atoms with Gasteiger partial charge in [0.05, 0.1) is 6.04 Å². The van der Waals surface area contributed by atoms with E-state index in [2.05, 4.69) is 17.1 Å². The molecule has 1 amide bonds. The molecule has 1 heterocycles. The summed E-state index contributed by atoms with van der Waals surface area (Å²) in [6.07, 6.45) is 2.37. The smallest absolute Gasteiger partial charge is 0.258 e. The molecule has 1 N–H and O–H groups in total. The average Bonchev–Trinajstić information content (AvgIpc) is 3.19. The normalized spacial score (nSPS) is 15.5. The fourth-order valence-corrected chi connectivity index (χ4v) is 3.71. The van der Waals surface area contributed by atoms with E-state index in [0.717, 1.165) is 35.0 Å². The second kappa shape index (κ2) is 9.25. The number of carbonyl (C=O) groups is 1. The molecule has 0 saturated carbocycles. The van der Waals surface area contributed by atoms with Gasteiger partial charge in [-0.2, -0.15) is 0 Å². The molecule has 1 fully saturated rings. The Labute approximate surface area is 166 Å². The van der Waals surface area contributed by atoms with Crippen LogP contribution in [0.3, 0.4) is 0 Å². The predicted octanol–water partition coefficient (Wildman–Crippen LogP) is 4.29. The first-order valence-electron chi connectivity index (χ1n) is 9.50. The Morgan fingerprint density at radius 3 is 2.59 bits per heavy atom. The van der Waals surface area contributed by atoms with E-state index in [4.69, 9.17) is 16.3 Å². The van der Waals surface area contributed by atoms with Gasteiger partial charge in [0.15, 0.2) is 6.61 Å². The number of nitrogens with one attached hydrogen (secondary N) is 1. The first-order chi connectivity index (χ1) is 13.0. The fourth-order valence-electron chi connectivity index (χ4n) is 3.45. The number of carbonyl (C=O) groups excluding carboxylic acids is 1. The monoisotopic (exact) mass is 386 g/mol. The standard InChI is InChI=1S/C22H27ClN2O2/c1-16-9-10-18(13-17(16)2)27-15-22(26)24-14-21(25-11-5-6-12-25)19-7-3-4-8-20(19)23/h3-4,7-10,13,21H,5-6,11-12,14-15H2,1-2H3,(H,24,26)/t21-/m0/s1. The van der Waals surface area contributed by atoms with E-state index >= 15 is 0 Å². The molecular weight excluding hydrogens is 360 g/mol. The van der Waals surface area contributed by atoms with Gasteiger partial charge in [-0.3, -0.25) is 9.69 Å². The molecule has 27 heavy (non-hydrogen) atoms. The van der Waals surface area contributed by atoms with Crippen LogP contribution in [0.4, 0.5) is 0 Å². The van der Waals surface area contributed by atoms with Crippen molar-refractivity contribution in [2.45, 2.75) is 32.7 Å². The molecule has 144 valence electrons. The van der Waals surface area contributed by atoms with Crippen LogP contribution in [0.1, 0.15) is 35.6 Å². The van der Waals surface area contributed by atoms with E-state index in [1.807, 2.05) is 49.4 Å². The number of halogens is 1. The highest BCUT2D eigenvalue weighted by atomic mass is 35.5. The third-order valence-corrected chi connectivity index (χ3v) is 5.53. The van der Waals surface area contributed by atoms with Crippen molar-refractivity contribution in [1.29, 1.82) is 0 Å². The second-order valence-electron chi connectivity index (χ2n) is 7.12. The van der Waals surface area contributed by atoms with Gasteiger partial charge in [-0.15, -0.1) is 0 Å². The minimum absolute atomic E-state index is 0.0116. The number of amides is 1. The lowest BCUT2D eigenvalue weighted by Crippen LogP contribution is -2.38. The van der Waals surface area contributed by atoms with E-state index < -0.39 is 0 Å². The molecule has 0 bridgehead atoms. The molecule has 1 saturated heterocycles. The Hall–Kier alpha value is -2.04. The molecule has 5 heteroatoms. The molecule has 2 aromatic carbocycles. The van der Waals surface area contributed by atoms with E-state index in [-0.39, 0.29) is 18.6 Å². The van der Waals surface area contributed by atoms with Crippen molar-refractivity contribution in [2.75, 3.05) is 26.2 Å². The summed E-state index contributed by atoms with van der Waals surface area (Å²) in [4.78, 5) is 14.7. The molecule has 0 unspecified atom stereocenters. The van der Waals surface area contributed by atoms with Crippen LogP contribution < -0.4 is 10.1 Å². The van der Waals surface area contributed by atoms with Gasteiger partial charge in [0, 0.05) is 11.6 Å². The SMILES string of the molecule is Cc1ccc(OCC(=O)NC[C@@H](c2ccccc2Cl)N2CCCC2)cc1C. The zero-order valence-electron chi connectivity index (χ0n) is 16.0. The van der Waals surface area contributed by atoms with E-state index in [1.165, 1.54) is 18.4 Å². The van der Waals surface area contributed by atoms with Gasteiger partial charge >= 0.3 is 0 Å². The zero-order chi connectivity index (χ0) is 19.2. The summed E-state index contributed by atoms with van der Waals surface area (Å²) in [5.74, 6) is 0.597. The molecular formula is C22H27ClN2O2. The quantitative estimate of drug-likeness (QED) is 0.771. The predicted molar refractivity (Wildman–Crippen MR) is 109 cm³/mol. The number of hydrogen-bond acceptors (Lipinski definition) is 3. The molecule has 1 aliphatic heterocycles. The van der Waals surface area contributed by atoms with Crippen LogP contribution in [0.25, 0.3) is 0 Å². The summed E-state index contributed by atoms with van der Waals surface area (Å²) < 4.78 is 5.64. The van der Waals surface area contributed by atoms with Gasteiger partial charge in [0.2, 0.25) is 0 Å². The lowest BCUT2D eigenvalue weighted by atomic mass is 10.1. The summed E-state index contributed by atoms with van der Waals surface area (Å²) in [6, 6.07) is 13.8. The molecule has 3 rings (SSSR count). The van der Waals surface area contributed by atoms with Crippen LogP contribution in [0.15, 0.2) is 42.5 Å². The van der Waals surface area contributed by atoms with E-state index in [0.29, 0.717) is 6.54 Å². The largest absolute Gasteiger partial charge is 0.484 e. The Balaban J connectivity index is 1.58. The van der Waals surface area contributed by atoms with Crippen LogP contribution >= 0.6 is 11.6 Å². The highest BCUT2D eigenvalue weighted by Gasteiger charge is 2.25. The Bertz CT molecular complexity index is 788. The lowest BCUT2D eigenvalue weighted by molar-refractivity contribution is -0.123. The summed E-state index contributed by atoms with van der Waals surface area (Å²) in [6.45, 7) is 6.69. The van der Waals surface area contributed by atoms with E-state index in [9.17, 15) is 4.79 Å². The molecule has 4 nitrogen and oxygen atoms in total. The van der Waals surface area contributed by atoms with Crippen molar-refractivity contribution in [3.05, 3.63) is 64.2 Å². The number of aryl methyl sites for hydroxylation is 2. The molecule has 0 aliphatic carbocycles. The summed E-state index contributed by atoms with van der Waals surface area (Å²) in [5, 5.41) is 3.76. The number of rotatable bonds is 7. The van der Waals surface area contributed by atoms with Crippen LogP contribution in [0, 0.1) is 13.8 Å². The number of hydrogen-bond donors (Lipinski definition) is 1. The Kier molecular flexibility index (Phi) is 6.75. The molecule has 2 aromatic rings. The highest BCUT2D eigenvalue weighted by Crippen LogP contribution is 2.29. The number of nitrogens with zero attached hydrogens (tertiary/aromatic N) is 1. The van der Waals surface area contributed by atoms with Crippen molar-refractivity contribution < 1.29 is 9.53 Å². The summed E-state index contributed by atoms with van der Waals surface area (Å²) in [5.41, 5.74) is 3.43. The molecule has 0 spiro atoms. The summed E-state index contributed by atoms with van der Waals surface area (Å²) >= 11 is 6.42. The number of likely N-dealkylation sites (tertiary alicyclic amines) is 1. The van der Waals surface area contributed by atoms with Crippen molar-refractivity contribution in [3.8, 4) is 5.75 Å². The third kappa shape index (κ3) is 5.24. The maximum atomic E-state index is 12.3. The van der Waals surface area contributed by atoms with Gasteiger partial charge in [-0.05, 0) is 74.7 Å². The third-order valence-electron chi connectivity index (χ3n) is 5.19. The maximum absolute atomic E-state index is 12.3. The van der Waals surface area contributed by atoms with Gasteiger partial charge in [0.25, 0.3) is 5.91 Å². The second-order valence-corrected chi connectivity index (χ2v) is 7.53. The first-order valence-corrected chi connectivity index (χ1v) is 9.87. The van der Waals surface area contributed by atoms with Gasteiger partial charge in [-0.25, -0.2) is 0 Å². The van der Waals surface area contributed by atoms with Crippen molar-refractivity contribution in [2.24, 2.45) is 0 Å². The highest BCUT2D eigenvalue weighted by molar-refractivity contribution is 6.31. The number of benzene rings is 2. The van der Waals surface area contributed by atoms with Crippen molar-refractivity contribution >= 4 is 17.5 Å². The molecule has 1 aliphatic rings. The van der Waals surface area contributed by atoms with E-state index in [1.54, 1.807) is 0 Å². The van der Waals surface area contributed by atoms with Gasteiger partial charge < -0.3 is 10.1 Å². The maximum Gasteiger partial charge on any atom is 0.258 e. The van der Waals surface area contributed by atoms with Crippen LogP contribution in [0.2, 0.25) is 5.02 Å². The number of ether oxygens (including phenoxy) is 1. The fraction of sp³-hybridized carbons (Fsp3) is 0.409. The first kappa shape index (κ1) is 19.7. The van der Waals surface area contributed by atoms with Crippen molar-refractivity contribution in [3.63, 3.8) is 0 Å². The average molecular weight is 387 g/mol. The van der Waals surface area contributed by atoms with Crippen LogP contribution in [0.5, 0.6) is 5.75 Å². The van der Waals surface area contributed by atoms with Crippen LogP contribution in [-0.2, 0) is 4.79 Å². The zero-order valence-corrected chi connectivity index (χ0v) is 16.8. The molecule has 0 aromatic heterocycles. The minimum Gasteiger partial charge on any atom is -0.484 e. The van der Waals surface area contributed by atoms with Gasteiger partial charge in [-0.1, -0.05) is 35.9 Å².